The zero-order valence-electron chi connectivity index (χ0n) is 47.3. The van der Waals surface area contributed by atoms with Gasteiger partial charge in [-0.1, -0.05) is 237 Å². The molecular formula is C64H110N2O6P+. The summed E-state index contributed by atoms with van der Waals surface area (Å²) in [6.45, 7) is 4.64. The summed E-state index contributed by atoms with van der Waals surface area (Å²) in [4.78, 5) is 23.3. The molecule has 416 valence electrons. The van der Waals surface area contributed by atoms with Crippen LogP contribution in [0.5, 0.6) is 0 Å². The van der Waals surface area contributed by atoms with Crippen molar-refractivity contribution in [2.75, 3.05) is 40.9 Å². The van der Waals surface area contributed by atoms with Crippen LogP contribution in [0.15, 0.2) is 134 Å². The van der Waals surface area contributed by atoms with E-state index in [-0.39, 0.29) is 19.1 Å². The smallest absolute Gasteiger partial charge is 0.387 e. The number of rotatable bonds is 51. The molecule has 8 nitrogen and oxygen atoms in total. The highest BCUT2D eigenvalue weighted by Gasteiger charge is 2.27. The fourth-order valence-corrected chi connectivity index (χ4v) is 8.31. The van der Waals surface area contributed by atoms with Crippen molar-refractivity contribution in [1.82, 2.24) is 5.32 Å². The van der Waals surface area contributed by atoms with Crippen molar-refractivity contribution in [3.8, 4) is 0 Å². The zero-order valence-corrected chi connectivity index (χ0v) is 48.2. The van der Waals surface area contributed by atoms with Crippen molar-refractivity contribution >= 4 is 13.7 Å². The second-order valence-electron chi connectivity index (χ2n) is 20.3. The summed E-state index contributed by atoms with van der Waals surface area (Å²) in [6.07, 6.45) is 81.3. The molecule has 73 heavy (non-hydrogen) atoms. The van der Waals surface area contributed by atoms with E-state index in [1.165, 1.54) is 89.9 Å². The third kappa shape index (κ3) is 56.2. The zero-order chi connectivity index (χ0) is 53.5. The van der Waals surface area contributed by atoms with Crippen molar-refractivity contribution in [3.05, 3.63) is 134 Å². The highest BCUT2D eigenvalue weighted by atomic mass is 31.2. The third-order valence-electron chi connectivity index (χ3n) is 12.1. The highest BCUT2D eigenvalue weighted by molar-refractivity contribution is 7.47. The molecule has 0 heterocycles. The number of unbranched alkanes of at least 4 members (excludes halogenated alkanes) is 18. The maximum absolute atomic E-state index is 13.0. The molecule has 0 rings (SSSR count). The molecule has 1 amide bonds. The minimum absolute atomic E-state index is 0.0417. The van der Waals surface area contributed by atoms with Crippen LogP contribution >= 0.6 is 7.82 Å². The number of nitrogens with one attached hydrogen (secondary N) is 1. The van der Waals surface area contributed by atoms with Gasteiger partial charge in [-0.15, -0.1) is 0 Å². The molecule has 0 saturated heterocycles. The van der Waals surface area contributed by atoms with Crippen molar-refractivity contribution in [3.63, 3.8) is 0 Å². The third-order valence-corrected chi connectivity index (χ3v) is 13.1. The maximum atomic E-state index is 13.0. The number of hydrogen-bond donors (Lipinski definition) is 3. The molecule has 0 aliphatic carbocycles. The first-order chi connectivity index (χ1) is 35.5. The number of amides is 1. The lowest BCUT2D eigenvalue weighted by Gasteiger charge is -2.25. The lowest BCUT2D eigenvalue weighted by Crippen LogP contribution is -2.45. The quantitative estimate of drug-likeness (QED) is 0.0243. The largest absolute Gasteiger partial charge is 0.472 e. The van der Waals surface area contributed by atoms with Crippen LogP contribution in [0, 0.1) is 0 Å². The Morgan fingerprint density at radius 3 is 1.26 bits per heavy atom. The molecule has 0 aromatic heterocycles. The topological polar surface area (TPSA) is 105 Å². The van der Waals surface area contributed by atoms with Gasteiger partial charge in [0.2, 0.25) is 5.91 Å². The summed E-state index contributed by atoms with van der Waals surface area (Å²) in [5.74, 6) is -0.224. The number of aliphatic hydroxyl groups is 1. The Balaban J connectivity index is 4.38. The molecule has 0 spiro atoms. The highest BCUT2D eigenvalue weighted by Crippen LogP contribution is 2.43. The number of aliphatic hydroxyl groups excluding tert-OH is 1. The molecule has 3 N–H and O–H groups in total. The first kappa shape index (κ1) is 69.6. The Hall–Kier alpha value is -3.36. The predicted octanol–water partition coefficient (Wildman–Crippen LogP) is 17.9. The van der Waals surface area contributed by atoms with Gasteiger partial charge >= 0.3 is 7.82 Å². The first-order valence-corrected chi connectivity index (χ1v) is 30.6. The van der Waals surface area contributed by atoms with E-state index in [0.717, 1.165) is 96.3 Å². The number of phosphoric ester groups is 1. The van der Waals surface area contributed by atoms with E-state index >= 15 is 0 Å². The number of hydrogen-bond acceptors (Lipinski definition) is 5. The van der Waals surface area contributed by atoms with E-state index in [2.05, 4.69) is 141 Å². The summed E-state index contributed by atoms with van der Waals surface area (Å²) in [5.41, 5.74) is 0. The molecule has 0 aliphatic rings. The Kier molecular flexibility index (Phi) is 51.0. The summed E-state index contributed by atoms with van der Waals surface area (Å²) in [7, 11) is 1.51. The number of quaternary nitrogens is 1. The van der Waals surface area contributed by atoms with Crippen LogP contribution in [-0.4, -0.2) is 73.4 Å². The van der Waals surface area contributed by atoms with Gasteiger partial charge in [0.1, 0.15) is 13.2 Å². The van der Waals surface area contributed by atoms with Crippen molar-refractivity contribution in [1.29, 1.82) is 0 Å². The number of phosphoric acid groups is 1. The minimum Gasteiger partial charge on any atom is -0.387 e. The van der Waals surface area contributed by atoms with Crippen LogP contribution in [0.4, 0.5) is 0 Å². The summed E-state index contributed by atoms with van der Waals surface area (Å²) in [5, 5.41) is 13.9. The Bertz CT molecular complexity index is 1640. The first-order valence-electron chi connectivity index (χ1n) is 29.1. The van der Waals surface area contributed by atoms with Crippen LogP contribution in [0.1, 0.15) is 213 Å². The summed E-state index contributed by atoms with van der Waals surface area (Å²) >= 11 is 0. The lowest BCUT2D eigenvalue weighted by atomic mass is 10.0. The minimum atomic E-state index is -4.38. The molecule has 0 bridgehead atoms. The Morgan fingerprint density at radius 2 is 0.836 bits per heavy atom. The Labute approximate surface area is 449 Å². The molecule has 3 unspecified atom stereocenters. The van der Waals surface area contributed by atoms with Crippen molar-refractivity contribution < 1.29 is 32.9 Å². The molecule has 0 aromatic carbocycles. The van der Waals surface area contributed by atoms with Crippen LogP contribution in [0.3, 0.4) is 0 Å². The molecular weight excluding hydrogens is 924 g/mol. The molecule has 0 fully saturated rings. The normalized spacial score (nSPS) is 14.9. The second kappa shape index (κ2) is 53.5. The average Bonchev–Trinajstić information content (AvgIpc) is 3.35. The van der Waals surface area contributed by atoms with Gasteiger partial charge in [-0.05, 0) is 103 Å². The molecule has 0 saturated carbocycles. The number of nitrogens with zero attached hydrogens (tertiary/aromatic N) is 1. The number of allylic oxidation sites excluding steroid dienone is 21. The molecule has 0 aliphatic heterocycles. The summed E-state index contributed by atoms with van der Waals surface area (Å²) < 4.78 is 23.7. The van der Waals surface area contributed by atoms with Crippen LogP contribution < -0.4 is 5.32 Å². The van der Waals surface area contributed by atoms with Gasteiger partial charge in [-0.3, -0.25) is 13.8 Å². The second-order valence-corrected chi connectivity index (χ2v) is 21.7. The van der Waals surface area contributed by atoms with Gasteiger partial charge in [0, 0.05) is 6.42 Å². The standard InChI is InChI=1S/C64H109N2O6P/c1-6-8-10-12-14-16-18-20-22-24-26-28-29-30-31-32-33-34-35-36-37-38-40-42-44-46-48-50-52-54-56-58-64(68)65-62(61-72-73(69,70)71-60-59-66(3,4)5)63(67)57-55-53-51-49-47-45-43-41-39-27-25-23-21-19-17-15-13-11-9-7-2/h8,10,14,16,20,22,26,28,30-31,33-34,36-37,40,42,46-49,55,57,62-63,67H,6-7,9,11-13,15,17-19,21,23-25,27,29,32,35,38-39,41,43-45,50-54,56,58-61H2,1-5H3,(H-,65,68,69,70)/p+1/b10-8-,16-14-,22-20-,28-26-,31-30-,34-33-,37-36-,42-40-,48-46-,49-47+,57-55+. The summed E-state index contributed by atoms with van der Waals surface area (Å²) in [6, 6.07) is -0.892. The average molecular weight is 1030 g/mol. The van der Waals surface area contributed by atoms with E-state index in [0.29, 0.717) is 23.9 Å². The van der Waals surface area contributed by atoms with Crippen molar-refractivity contribution in [2.45, 2.75) is 225 Å². The predicted molar refractivity (Wildman–Crippen MR) is 318 cm³/mol. The SMILES string of the molecule is CC/C=C\C/C=C\C/C=C\C/C=C\C/C=C\C/C=C\C/C=C\C/C=C\C/C=C\CCCCCC(=O)NC(COP(=O)(O)OCC[N+](C)(C)C)C(O)/C=C/CC/C=C/CCCCCCCCCCCCCCCC. The monoisotopic (exact) mass is 1030 g/mol. The molecule has 0 radical (unpaired) electrons. The number of carbonyl (C=O) groups excluding carboxylic acids is 1. The molecule has 3 atom stereocenters. The van der Waals surface area contributed by atoms with Gasteiger partial charge in [0.25, 0.3) is 0 Å². The molecule has 9 heteroatoms. The van der Waals surface area contributed by atoms with Gasteiger partial charge in [-0.2, -0.15) is 0 Å². The van der Waals surface area contributed by atoms with Crippen LogP contribution in [-0.2, 0) is 18.4 Å². The lowest BCUT2D eigenvalue weighted by molar-refractivity contribution is -0.870. The van der Waals surface area contributed by atoms with Gasteiger partial charge in [0.15, 0.2) is 0 Å². The van der Waals surface area contributed by atoms with Crippen LogP contribution in [0.2, 0.25) is 0 Å². The van der Waals surface area contributed by atoms with E-state index < -0.39 is 20.0 Å². The molecule has 0 aromatic rings. The maximum Gasteiger partial charge on any atom is 0.472 e. The Morgan fingerprint density at radius 1 is 0.479 bits per heavy atom. The van der Waals surface area contributed by atoms with E-state index in [1.54, 1.807) is 6.08 Å². The fraction of sp³-hybridized carbons (Fsp3) is 0.641. The van der Waals surface area contributed by atoms with Crippen LogP contribution in [0.25, 0.3) is 0 Å². The van der Waals surface area contributed by atoms with Gasteiger partial charge in [-0.25, -0.2) is 4.57 Å². The van der Waals surface area contributed by atoms with Gasteiger partial charge < -0.3 is 19.8 Å². The fourth-order valence-electron chi connectivity index (χ4n) is 7.58. The van der Waals surface area contributed by atoms with Gasteiger partial charge in [0.05, 0.1) is 39.9 Å². The number of carbonyl (C=O) groups is 1. The van der Waals surface area contributed by atoms with Crippen molar-refractivity contribution in [2.24, 2.45) is 0 Å². The van der Waals surface area contributed by atoms with E-state index in [4.69, 9.17) is 9.05 Å². The van der Waals surface area contributed by atoms with E-state index in [1.807, 2.05) is 27.2 Å². The van der Waals surface area contributed by atoms with E-state index in [9.17, 15) is 19.4 Å². The number of likely N-dealkylation sites (N-methyl/N-ethyl adjacent to an activating group) is 1.